The molecule has 3 aromatic rings. The van der Waals surface area contributed by atoms with E-state index in [-0.39, 0.29) is 6.61 Å². The Kier molecular flexibility index (Phi) is 2.64. The van der Waals surface area contributed by atoms with Crippen LogP contribution in [0.25, 0.3) is 16.2 Å². The highest BCUT2D eigenvalue weighted by Gasteiger charge is 2.16. The van der Waals surface area contributed by atoms with E-state index in [1.165, 1.54) is 0 Å². The van der Waals surface area contributed by atoms with Crippen molar-refractivity contribution in [1.29, 1.82) is 0 Å². The van der Waals surface area contributed by atoms with Gasteiger partial charge >= 0.3 is 0 Å². The van der Waals surface area contributed by atoms with Crippen molar-refractivity contribution < 1.29 is 14.6 Å². The summed E-state index contributed by atoms with van der Waals surface area (Å²) in [5, 5.41) is 11.4. The second kappa shape index (κ2) is 4.50. The summed E-state index contributed by atoms with van der Waals surface area (Å²) in [5.74, 6) is 1.54. The van der Waals surface area contributed by atoms with Crippen LogP contribution in [0, 0.1) is 0 Å². The molecule has 0 amide bonds. The van der Waals surface area contributed by atoms with Crippen molar-refractivity contribution in [3.05, 3.63) is 35.5 Å². The lowest BCUT2D eigenvalue weighted by molar-refractivity contribution is 0.171. The van der Waals surface area contributed by atoms with Gasteiger partial charge in [-0.15, -0.1) is 11.3 Å². The summed E-state index contributed by atoms with van der Waals surface area (Å²) in [6.45, 7) is 1.13. The molecule has 0 bridgehead atoms. The first-order valence-electron chi connectivity index (χ1n) is 6.31. The topological polar surface area (TPSA) is 56.0 Å². The summed E-state index contributed by atoms with van der Waals surface area (Å²) in [6.07, 6.45) is 1.70. The molecular formula is C14H12N2O3S. The van der Waals surface area contributed by atoms with E-state index >= 15 is 0 Å². The summed E-state index contributed by atoms with van der Waals surface area (Å²) >= 11 is 1.55. The van der Waals surface area contributed by atoms with E-state index in [1.54, 1.807) is 17.5 Å². The van der Waals surface area contributed by atoms with Crippen molar-refractivity contribution in [2.45, 2.75) is 6.61 Å². The molecule has 6 heteroatoms. The van der Waals surface area contributed by atoms with Gasteiger partial charge in [0.1, 0.15) is 13.2 Å². The lowest BCUT2D eigenvalue weighted by atomic mass is 10.1. The molecule has 0 atom stereocenters. The number of rotatable bonds is 2. The van der Waals surface area contributed by atoms with Crippen LogP contribution >= 0.6 is 11.3 Å². The van der Waals surface area contributed by atoms with Gasteiger partial charge in [0.05, 0.1) is 24.2 Å². The maximum atomic E-state index is 9.41. The molecule has 3 heterocycles. The van der Waals surface area contributed by atoms with Crippen molar-refractivity contribution in [2.75, 3.05) is 13.2 Å². The quantitative estimate of drug-likeness (QED) is 0.786. The number of aliphatic hydroxyl groups excluding tert-OH is 1. The van der Waals surface area contributed by atoms with Crippen LogP contribution in [0.3, 0.4) is 0 Å². The van der Waals surface area contributed by atoms with Gasteiger partial charge in [-0.2, -0.15) is 0 Å². The molecule has 0 unspecified atom stereocenters. The van der Waals surface area contributed by atoms with Crippen LogP contribution < -0.4 is 9.47 Å². The minimum Gasteiger partial charge on any atom is -0.486 e. The second-order valence-electron chi connectivity index (χ2n) is 4.51. The zero-order chi connectivity index (χ0) is 13.5. The van der Waals surface area contributed by atoms with Crippen LogP contribution in [0.1, 0.15) is 5.69 Å². The number of fused-ring (bicyclic) bond motifs is 2. The number of thiazole rings is 1. The minimum atomic E-state index is -0.0323. The van der Waals surface area contributed by atoms with Crippen LogP contribution in [-0.4, -0.2) is 27.7 Å². The molecule has 0 saturated heterocycles. The third kappa shape index (κ3) is 1.69. The Morgan fingerprint density at radius 3 is 2.95 bits per heavy atom. The zero-order valence-electron chi connectivity index (χ0n) is 10.6. The first-order valence-corrected chi connectivity index (χ1v) is 7.19. The van der Waals surface area contributed by atoms with E-state index in [9.17, 15) is 5.11 Å². The summed E-state index contributed by atoms with van der Waals surface area (Å²) in [7, 11) is 0. The summed E-state index contributed by atoms with van der Waals surface area (Å²) in [6, 6.07) is 5.89. The van der Waals surface area contributed by atoms with Crippen molar-refractivity contribution in [1.82, 2.24) is 9.38 Å². The minimum absolute atomic E-state index is 0.0323. The average molecular weight is 288 g/mol. The van der Waals surface area contributed by atoms with Crippen molar-refractivity contribution in [2.24, 2.45) is 0 Å². The fraction of sp³-hybridized carbons (Fsp3) is 0.214. The molecule has 0 aliphatic carbocycles. The Balaban J connectivity index is 1.88. The first-order chi connectivity index (χ1) is 9.86. The fourth-order valence-corrected chi connectivity index (χ4v) is 3.27. The van der Waals surface area contributed by atoms with Crippen LogP contribution in [0.5, 0.6) is 11.5 Å². The van der Waals surface area contributed by atoms with Gasteiger partial charge < -0.3 is 14.6 Å². The van der Waals surface area contributed by atoms with Crippen LogP contribution in [-0.2, 0) is 6.61 Å². The monoisotopic (exact) mass is 288 g/mol. The van der Waals surface area contributed by atoms with Gasteiger partial charge in [-0.05, 0) is 18.2 Å². The largest absolute Gasteiger partial charge is 0.486 e. The maximum absolute atomic E-state index is 9.41. The molecule has 1 N–H and O–H groups in total. The molecule has 1 aliphatic rings. The van der Waals surface area contributed by atoms with Gasteiger partial charge in [0, 0.05) is 10.9 Å². The van der Waals surface area contributed by atoms with E-state index in [1.807, 2.05) is 28.0 Å². The second-order valence-corrected chi connectivity index (χ2v) is 5.34. The van der Waals surface area contributed by atoms with Crippen molar-refractivity contribution in [3.8, 4) is 22.8 Å². The zero-order valence-corrected chi connectivity index (χ0v) is 11.4. The number of nitrogens with zero attached hydrogens (tertiary/aromatic N) is 2. The Morgan fingerprint density at radius 2 is 2.10 bits per heavy atom. The predicted molar refractivity (Wildman–Crippen MR) is 75.4 cm³/mol. The fourth-order valence-electron chi connectivity index (χ4n) is 2.38. The van der Waals surface area contributed by atoms with Gasteiger partial charge in [-0.1, -0.05) is 0 Å². The highest BCUT2D eigenvalue weighted by Crippen LogP contribution is 2.36. The predicted octanol–water partition coefficient (Wildman–Crippen LogP) is 2.33. The molecule has 0 spiro atoms. The summed E-state index contributed by atoms with van der Waals surface area (Å²) < 4.78 is 13.1. The SMILES string of the molecule is OCc1cnc2scc(-c3ccc4c(c3)OCCO4)n12. The first kappa shape index (κ1) is 11.7. The number of benzene rings is 1. The number of hydrogen-bond donors (Lipinski definition) is 1. The molecule has 0 radical (unpaired) electrons. The normalized spacial score (nSPS) is 13.8. The summed E-state index contributed by atoms with van der Waals surface area (Å²) in [5.41, 5.74) is 2.81. The summed E-state index contributed by atoms with van der Waals surface area (Å²) in [4.78, 5) is 5.16. The third-order valence-corrected chi connectivity index (χ3v) is 4.16. The average Bonchev–Trinajstić information content (AvgIpc) is 3.08. The van der Waals surface area contributed by atoms with Crippen LogP contribution in [0.15, 0.2) is 29.8 Å². The van der Waals surface area contributed by atoms with E-state index in [0.717, 1.165) is 33.4 Å². The Morgan fingerprint density at radius 1 is 1.25 bits per heavy atom. The maximum Gasteiger partial charge on any atom is 0.194 e. The number of aromatic nitrogens is 2. The lowest BCUT2D eigenvalue weighted by Gasteiger charge is -2.18. The number of hydrogen-bond acceptors (Lipinski definition) is 5. The van der Waals surface area contributed by atoms with E-state index < -0.39 is 0 Å². The highest BCUT2D eigenvalue weighted by atomic mass is 32.1. The molecule has 4 rings (SSSR count). The number of imidazole rings is 1. The molecule has 2 aromatic heterocycles. The Bertz CT molecular complexity index is 778. The molecule has 5 nitrogen and oxygen atoms in total. The van der Waals surface area contributed by atoms with Gasteiger partial charge in [0.15, 0.2) is 16.5 Å². The Labute approximate surface area is 119 Å². The van der Waals surface area contributed by atoms with E-state index in [0.29, 0.717) is 13.2 Å². The highest BCUT2D eigenvalue weighted by molar-refractivity contribution is 7.15. The molecule has 0 fully saturated rings. The van der Waals surface area contributed by atoms with Gasteiger partial charge in [0.25, 0.3) is 0 Å². The molecule has 1 aromatic carbocycles. The Hall–Kier alpha value is -2.05. The van der Waals surface area contributed by atoms with E-state index in [2.05, 4.69) is 4.98 Å². The molecular weight excluding hydrogens is 276 g/mol. The van der Waals surface area contributed by atoms with Crippen LogP contribution in [0.2, 0.25) is 0 Å². The molecule has 20 heavy (non-hydrogen) atoms. The van der Waals surface area contributed by atoms with Crippen molar-refractivity contribution in [3.63, 3.8) is 0 Å². The van der Waals surface area contributed by atoms with E-state index in [4.69, 9.17) is 9.47 Å². The van der Waals surface area contributed by atoms with Crippen LogP contribution in [0.4, 0.5) is 0 Å². The van der Waals surface area contributed by atoms with Gasteiger partial charge in [-0.3, -0.25) is 4.40 Å². The molecule has 0 saturated carbocycles. The smallest absolute Gasteiger partial charge is 0.194 e. The number of ether oxygens (including phenoxy) is 2. The van der Waals surface area contributed by atoms with Gasteiger partial charge in [-0.25, -0.2) is 4.98 Å². The number of aliphatic hydroxyl groups is 1. The molecule has 102 valence electrons. The standard InChI is InChI=1S/C14H12N2O3S/c17-7-10-6-15-14-16(10)11(8-20-14)9-1-2-12-13(5-9)19-4-3-18-12/h1-2,5-6,8,17H,3-4,7H2. The van der Waals surface area contributed by atoms with Crippen molar-refractivity contribution >= 4 is 16.3 Å². The third-order valence-electron chi connectivity index (χ3n) is 3.32. The van der Waals surface area contributed by atoms with Gasteiger partial charge in [0.2, 0.25) is 0 Å². The lowest BCUT2D eigenvalue weighted by Crippen LogP contribution is -2.15. The molecule has 1 aliphatic heterocycles.